The highest BCUT2D eigenvalue weighted by Crippen LogP contribution is 2.31. The Balaban J connectivity index is 2.03. The first-order chi connectivity index (χ1) is 9.24. The van der Waals surface area contributed by atoms with Gasteiger partial charge >= 0.3 is 0 Å². The molecule has 1 aromatic heterocycles. The van der Waals surface area contributed by atoms with Crippen LogP contribution in [-0.2, 0) is 0 Å². The van der Waals surface area contributed by atoms with E-state index in [-0.39, 0.29) is 0 Å². The van der Waals surface area contributed by atoms with Gasteiger partial charge in [-0.15, -0.1) is 0 Å². The van der Waals surface area contributed by atoms with Gasteiger partial charge in [0.25, 0.3) is 0 Å². The van der Waals surface area contributed by atoms with Gasteiger partial charge in [0.05, 0.1) is 11.2 Å². The fraction of sp³-hybridized carbons (Fsp3) is 0. The second-order valence-corrected chi connectivity index (χ2v) is 4.54. The standard InChI is InChI=1S/C15H11ClN2O/c16-13-7-2-1-6-12(13)14-9-18-15(19-14)10-4-3-5-11(17)8-10/h1-9H,17H2. The summed E-state index contributed by atoms with van der Waals surface area (Å²) in [6.07, 6.45) is 1.67. The zero-order valence-electron chi connectivity index (χ0n) is 10.0. The Hall–Kier alpha value is -2.26. The number of nitrogens with zero attached hydrogens (tertiary/aromatic N) is 1. The highest BCUT2D eigenvalue weighted by molar-refractivity contribution is 6.33. The van der Waals surface area contributed by atoms with Crippen LogP contribution in [0.3, 0.4) is 0 Å². The van der Waals surface area contributed by atoms with Crippen molar-refractivity contribution in [3.05, 3.63) is 59.8 Å². The lowest BCUT2D eigenvalue weighted by Crippen LogP contribution is -1.84. The summed E-state index contributed by atoms with van der Waals surface area (Å²) in [5.74, 6) is 1.17. The van der Waals surface area contributed by atoms with Crippen molar-refractivity contribution in [3.8, 4) is 22.8 Å². The van der Waals surface area contributed by atoms with Crippen molar-refractivity contribution in [1.29, 1.82) is 0 Å². The summed E-state index contributed by atoms with van der Waals surface area (Å²) in [4.78, 5) is 4.26. The van der Waals surface area contributed by atoms with Gasteiger partial charge in [0.1, 0.15) is 0 Å². The number of oxazole rings is 1. The van der Waals surface area contributed by atoms with Crippen LogP contribution in [0.15, 0.2) is 59.1 Å². The first kappa shape index (κ1) is 11.8. The van der Waals surface area contributed by atoms with E-state index in [9.17, 15) is 0 Å². The molecule has 0 saturated heterocycles. The molecule has 4 heteroatoms. The summed E-state index contributed by atoms with van der Waals surface area (Å²) in [7, 11) is 0. The van der Waals surface area contributed by atoms with Gasteiger partial charge < -0.3 is 10.2 Å². The Bertz CT molecular complexity index is 721. The number of hydrogen-bond acceptors (Lipinski definition) is 3. The number of anilines is 1. The molecule has 19 heavy (non-hydrogen) atoms. The quantitative estimate of drug-likeness (QED) is 0.709. The van der Waals surface area contributed by atoms with Crippen molar-refractivity contribution >= 4 is 17.3 Å². The van der Waals surface area contributed by atoms with E-state index in [1.807, 2.05) is 48.5 Å². The summed E-state index contributed by atoms with van der Waals surface area (Å²) in [5, 5.41) is 0.637. The van der Waals surface area contributed by atoms with Crippen LogP contribution in [0.25, 0.3) is 22.8 Å². The van der Waals surface area contributed by atoms with Gasteiger partial charge in [-0.2, -0.15) is 0 Å². The molecule has 0 aliphatic heterocycles. The molecule has 3 nitrogen and oxygen atoms in total. The molecule has 0 unspecified atom stereocenters. The van der Waals surface area contributed by atoms with Crippen LogP contribution >= 0.6 is 11.6 Å². The minimum absolute atomic E-state index is 0.530. The molecule has 2 aromatic carbocycles. The van der Waals surface area contributed by atoms with E-state index in [2.05, 4.69) is 4.98 Å². The van der Waals surface area contributed by atoms with Crippen LogP contribution < -0.4 is 5.73 Å². The van der Waals surface area contributed by atoms with Crippen molar-refractivity contribution in [2.45, 2.75) is 0 Å². The maximum atomic E-state index is 6.13. The lowest BCUT2D eigenvalue weighted by molar-refractivity contribution is 0.589. The molecule has 3 rings (SSSR count). The third kappa shape index (κ3) is 2.33. The van der Waals surface area contributed by atoms with E-state index in [1.54, 1.807) is 6.20 Å². The van der Waals surface area contributed by atoms with Crippen LogP contribution in [0.2, 0.25) is 5.02 Å². The van der Waals surface area contributed by atoms with Gasteiger partial charge in [-0.25, -0.2) is 4.98 Å². The fourth-order valence-corrected chi connectivity index (χ4v) is 2.09. The van der Waals surface area contributed by atoms with Crippen molar-refractivity contribution < 1.29 is 4.42 Å². The average molecular weight is 271 g/mol. The molecule has 0 atom stereocenters. The summed E-state index contributed by atoms with van der Waals surface area (Å²) < 4.78 is 5.74. The predicted octanol–water partition coefficient (Wildman–Crippen LogP) is 4.24. The van der Waals surface area contributed by atoms with Crippen molar-refractivity contribution in [1.82, 2.24) is 4.98 Å². The molecule has 2 N–H and O–H groups in total. The van der Waals surface area contributed by atoms with Crippen molar-refractivity contribution in [3.63, 3.8) is 0 Å². The van der Waals surface area contributed by atoms with Gasteiger partial charge in [-0.05, 0) is 30.3 Å². The molecule has 94 valence electrons. The maximum absolute atomic E-state index is 6.13. The lowest BCUT2D eigenvalue weighted by Gasteiger charge is -1.99. The number of rotatable bonds is 2. The third-order valence-electron chi connectivity index (χ3n) is 2.78. The normalized spacial score (nSPS) is 10.6. The zero-order valence-corrected chi connectivity index (χ0v) is 10.8. The molecular formula is C15H11ClN2O. The van der Waals surface area contributed by atoms with E-state index in [1.165, 1.54) is 0 Å². The second kappa shape index (κ2) is 4.78. The number of nitrogens with two attached hydrogens (primary N) is 1. The first-order valence-electron chi connectivity index (χ1n) is 5.81. The van der Waals surface area contributed by atoms with Gasteiger partial charge in [0, 0.05) is 16.8 Å². The SMILES string of the molecule is Nc1cccc(-c2ncc(-c3ccccc3Cl)o2)c1. The molecule has 0 amide bonds. The van der Waals surface area contributed by atoms with E-state index in [4.69, 9.17) is 21.8 Å². The van der Waals surface area contributed by atoms with E-state index in [0.717, 1.165) is 11.1 Å². The minimum atomic E-state index is 0.530. The molecule has 0 bridgehead atoms. The summed E-state index contributed by atoms with van der Waals surface area (Å²) in [5.41, 5.74) is 8.09. The molecule has 3 aromatic rings. The number of nitrogen functional groups attached to an aromatic ring is 1. The van der Waals surface area contributed by atoms with Crippen molar-refractivity contribution in [2.24, 2.45) is 0 Å². The van der Waals surface area contributed by atoms with E-state index in [0.29, 0.717) is 22.4 Å². The van der Waals surface area contributed by atoms with Crippen LogP contribution in [0, 0.1) is 0 Å². The van der Waals surface area contributed by atoms with Gasteiger partial charge in [0.2, 0.25) is 5.89 Å². The zero-order chi connectivity index (χ0) is 13.2. The second-order valence-electron chi connectivity index (χ2n) is 4.13. The van der Waals surface area contributed by atoms with E-state index < -0.39 is 0 Å². The monoisotopic (exact) mass is 270 g/mol. The van der Waals surface area contributed by atoms with Crippen LogP contribution in [0.5, 0.6) is 0 Å². The highest BCUT2D eigenvalue weighted by atomic mass is 35.5. The minimum Gasteiger partial charge on any atom is -0.436 e. The molecule has 0 spiro atoms. The maximum Gasteiger partial charge on any atom is 0.226 e. The fourth-order valence-electron chi connectivity index (χ4n) is 1.86. The molecule has 0 aliphatic carbocycles. The Morgan fingerprint density at radius 3 is 2.68 bits per heavy atom. The van der Waals surface area contributed by atoms with Crippen molar-refractivity contribution in [2.75, 3.05) is 5.73 Å². The largest absolute Gasteiger partial charge is 0.436 e. The summed E-state index contributed by atoms with van der Waals surface area (Å²) in [6.45, 7) is 0. The molecule has 0 radical (unpaired) electrons. The topological polar surface area (TPSA) is 52.0 Å². The number of hydrogen-bond donors (Lipinski definition) is 1. The van der Waals surface area contributed by atoms with Gasteiger partial charge in [0.15, 0.2) is 5.76 Å². The molecule has 0 aliphatic rings. The van der Waals surface area contributed by atoms with Gasteiger partial charge in [-0.3, -0.25) is 0 Å². The summed E-state index contributed by atoms with van der Waals surface area (Å²) >= 11 is 6.13. The Labute approximate surface area is 115 Å². The van der Waals surface area contributed by atoms with Crippen LogP contribution in [0.1, 0.15) is 0 Å². The van der Waals surface area contributed by atoms with E-state index >= 15 is 0 Å². The Morgan fingerprint density at radius 2 is 1.89 bits per heavy atom. The molecule has 0 fully saturated rings. The first-order valence-corrected chi connectivity index (χ1v) is 6.18. The molecule has 1 heterocycles. The third-order valence-corrected chi connectivity index (χ3v) is 3.11. The lowest BCUT2D eigenvalue weighted by atomic mass is 10.2. The Morgan fingerprint density at radius 1 is 1.05 bits per heavy atom. The smallest absolute Gasteiger partial charge is 0.226 e. The van der Waals surface area contributed by atoms with Crippen LogP contribution in [-0.4, -0.2) is 4.98 Å². The predicted molar refractivity (Wildman–Crippen MR) is 76.8 cm³/mol. The highest BCUT2D eigenvalue weighted by Gasteiger charge is 2.10. The van der Waals surface area contributed by atoms with Gasteiger partial charge in [-0.1, -0.05) is 29.8 Å². The molecule has 0 saturated carbocycles. The summed E-state index contributed by atoms with van der Waals surface area (Å²) in [6, 6.07) is 14.9. The van der Waals surface area contributed by atoms with Crippen LogP contribution in [0.4, 0.5) is 5.69 Å². The Kier molecular flexibility index (Phi) is 2.97. The number of halogens is 1. The number of aromatic nitrogens is 1. The molecular weight excluding hydrogens is 260 g/mol. The number of benzene rings is 2. The average Bonchev–Trinajstić information content (AvgIpc) is 2.89.